The van der Waals surface area contributed by atoms with Crippen LogP contribution in [0.15, 0.2) is 6.07 Å². The van der Waals surface area contributed by atoms with E-state index in [1.807, 2.05) is 11.0 Å². The third kappa shape index (κ3) is 2.73. The zero-order valence-corrected chi connectivity index (χ0v) is 12.3. The minimum absolute atomic E-state index is 0.0759. The molecule has 1 aromatic heterocycles. The second kappa shape index (κ2) is 5.95. The number of amides is 1. The molecule has 0 spiro atoms. The van der Waals surface area contributed by atoms with Gasteiger partial charge in [0.15, 0.2) is 0 Å². The summed E-state index contributed by atoms with van der Waals surface area (Å²) in [6.07, 6.45) is 6.31. The highest BCUT2D eigenvalue weighted by atomic mass is 16.2. The van der Waals surface area contributed by atoms with Crippen molar-refractivity contribution in [3.05, 3.63) is 17.5 Å². The van der Waals surface area contributed by atoms with Gasteiger partial charge in [0.05, 0.1) is 0 Å². The van der Waals surface area contributed by atoms with E-state index in [9.17, 15) is 4.79 Å². The summed E-state index contributed by atoms with van der Waals surface area (Å²) in [6.45, 7) is 5.76. The summed E-state index contributed by atoms with van der Waals surface area (Å²) in [5, 5.41) is 7.05. The largest absolute Gasteiger partial charge is 0.335 e. The van der Waals surface area contributed by atoms with Crippen molar-refractivity contribution in [1.29, 1.82) is 0 Å². The van der Waals surface area contributed by atoms with E-state index in [0.717, 1.165) is 44.3 Å². The Balaban J connectivity index is 1.55. The molecule has 3 rings (SSSR count). The first-order valence-corrected chi connectivity index (χ1v) is 7.85. The van der Waals surface area contributed by atoms with Crippen molar-refractivity contribution >= 4 is 5.91 Å². The van der Waals surface area contributed by atoms with Crippen LogP contribution in [-0.4, -0.2) is 58.1 Å². The Labute approximate surface area is 120 Å². The minimum Gasteiger partial charge on any atom is -0.335 e. The number of H-pyrrole nitrogens is 1. The monoisotopic (exact) mass is 276 g/mol. The Bertz CT molecular complexity index is 456. The van der Waals surface area contributed by atoms with E-state index in [2.05, 4.69) is 22.0 Å². The van der Waals surface area contributed by atoms with Crippen LogP contribution in [0.25, 0.3) is 0 Å². The van der Waals surface area contributed by atoms with Crippen molar-refractivity contribution in [2.75, 3.05) is 26.2 Å². The molecule has 20 heavy (non-hydrogen) atoms. The van der Waals surface area contributed by atoms with Gasteiger partial charge in [0.2, 0.25) is 0 Å². The van der Waals surface area contributed by atoms with Crippen molar-refractivity contribution in [3.8, 4) is 0 Å². The van der Waals surface area contributed by atoms with E-state index < -0.39 is 0 Å². The summed E-state index contributed by atoms with van der Waals surface area (Å²) in [6, 6.07) is 2.65. The fraction of sp³-hybridized carbons (Fsp3) is 0.733. The van der Waals surface area contributed by atoms with Gasteiger partial charge < -0.3 is 4.90 Å². The molecule has 2 fully saturated rings. The van der Waals surface area contributed by atoms with Gasteiger partial charge in [-0.05, 0) is 25.3 Å². The molecular weight excluding hydrogens is 252 g/mol. The van der Waals surface area contributed by atoms with Crippen LogP contribution in [0.4, 0.5) is 0 Å². The lowest BCUT2D eigenvalue weighted by molar-refractivity contribution is 0.0568. The van der Waals surface area contributed by atoms with E-state index in [-0.39, 0.29) is 5.91 Å². The van der Waals surface area contributed by atoms with Crippen molar-refractivity contribution in [1.82, 2.24) is 20.0 Å². The maximum Gasteiger partial charge on any atom is 0.274 e. The van der Waals surface area contributed by atoms with Crippen LogP contribution in [0.3, 0.4) is 0 Å². The molecule has 1 aliphatic carbocycles. The van der Waals surface area contributed by atoms with Crippen LogP contribution in [0.2, 0.25) is 0 Å². The molecule has 1 N–H and O–H groups in total. The van der Waals surface area contributed by atoms with Gasteiger partial charge in [-0.1, -0.05) is 19.8 Å². The summed E-state index contributed by atoms with van der Waals surface area (Å²) in [4.78, 5) is 16.9. The SMILES string of the molecule is CCc1cc(C(=O)N2CCN(C3CCCC3)CC2)n[nH]1. The number of aromatic nitrogens is 2. The number of aryl methyl sites for hydroxylation is 1. The average Bonchev–Trinajstić information content (AvgIpc) is 3.18. The summed E-state index contributed by atoms with van der Waals surface area (Å²) >= 11 is 0. The van der Waals surface area contributed by atoms with Gasteiger partial charge in [0.1, 0.15) is 5.69 Å². The number of hydrogen-bond donors (Lipinski definition) is 1. The molecule has 0 radical (unpaired) electrons. The molecule has 1 saturated heterocycles. The highest BCUT2D eigenvalue weighted by Gasteiger charge is 2.28. The molecule has 5 nitrogen and oxygen atoms in total. The van der Waals surface area contributed by atoms with Crippen LogP contribution >= 0.6 is 0 Å². The summed E-state index contributed by atoms with van der Waals surface area (Å²) in [7, 11) is 0. The molecule has 5 heteroatoms. The van der Waals surface area contributed by atoms with Crippen LogP contribution in [0.1, 0.15) is 48.8 Å². The van der Waals surface area contributed by atoms with Crippen molar-refractivity contribution in [2.24, 2.45) is 0 Å². The van der Waals surface area contributed by atoms with E-state index in [1.54, 1.807) is 0 Å². The van der Waals surface area contributed by atoms with Gasteiger partial charge in [-0.25, -0.2) is 0 Å². The molecule has 1 aliphatic heterocycles. The van der Waals surface area contributed by atoms with Gasteiger partial charge in [-0.2, -0.15) is 5.10 Å². The van der Waals surface area contributed by atoms with E-state index in [1.165, 1.54) is 25.7 Å². The van der Waals surface area contributed by atoms with Gasteiger partial charge in [-0.15, -0.1) is 0 Å². The highest BCUT2D eigenvalue weighted by molar-refractivity contribution is 5.92. The number of rotatable bonds is 3. The fourth-order valence-corrected chi connectivity index (χ4v) is 3.37. The molecule has 0 unspecified atom stereocenters. The Morgan fingerprint density at radius 2 is 2.00 bits per heavy atom. The zero-order valence-electron chi connectivity index (χ0n) is 12.3. The van der Waals surface area contributed by atoms with E-state index in [4.69, 9.17) is 0 Å². The average molecular weight is 276 g/mol. The van der Waals surface area contributed by atoms with Gasteiger partial charge >= 0.3 is 0 Å². The Hall–Kier alpha value is -1.36. The smallest absolute Gasteiger partial charge is 0.274 e. The molecule has 0 atom stereocenters. The number of nitrogens with zero attached hydrogens (tertiary/aromatic N) is 3. The molecule has 1 amide bonds. The normalized spacial score (nSPS) is 21.6. The number of hydrogen-bond acceptors (Lipinski definition) is 3. The standard InChI is InChI=1S/C15H24N4O/c1-2-12-11-14(17-16-12)15(20)19-9-7-18(8-10-19)13-5-3-4-6-13/h11,13H,2-10H2,1H3,(H,16,17). The number of aromatic amines is 1. The predicted octanol–water partition coefficient (Wildman–Crippen LogP) is 1.67. The summed E-state index contributed by atoms with van der Waals surface area (Å²) in [5.41, 5.74) is 1.59. The third-order valence-corrected chi connectivity index (χ3v) is 4.67. The van der Waals surface area contributed by atoms with Crippen LogP contribution in [0, 0.1) is 0 Å². The molecule has 2 heterocycles. The molecular formula is C15H24N4O. The van der Waals surface area contributed by atoms with E-state index >= 15 is 0 Å². The molecule has 1 saturated carbocycles. The van der Waals surface area contributed by atoms with Crippen LogP contribution in [0.5, 0.6) is 0 Å². The lowest BCUT2D eigenvalue weighted by atomic mass is 10.1. The predicted molar refractivity (Wildman–Crippen MR) is 77.7 cm³/mol. The first-order valence-electron chi connectivity index (χ1n) is 7.85. The number of nitrogens with one attached hydrogen (secondary N) is 1. The molecule has 1 aromatic rings. The molecule has 0 aromatic carbocycles. The van der Waals surface area contributed by atoms with E-state index in [0.29, 0.717) is 5.69 Å². The number of carbonyl (C=O) groups is 1. The van der Waals surface area contributed by atoms with Crippen molar-refractivity contribution < 1.29 is 4.79 Å². The second-order valence-electron chi connectivity index (χ2n) is 5.90. The third-order valence-electron chi connectivity index (χ3n) is 4.67. The molecule has 0 bridgehead atoms. The topological polar surface area (TPSA) is 52.2 Å². The van der Waals surface area contributed by atoms with Crippen LogP contribution < -0.4 is 0 Å². The fourth-order valence-electron chi connectivity index (χ4n) is 3.37. The number of piperazine rings is 1. The van der Waals surface area contributed by atoms with Gasteiger partial charge in [0, 0.05) is 37.9 Å². The Kier molecular flexibility index (Phi) is 4.05. The Morgan fingerprint density at radius 1 is 1.30 bits per heavy atom. The molecule has 110 valence electrons. The Morgan fingerprint density at radius 3 is 2.60 bits per heavy atom. The summed E-state index contributed by atoms with van der Waals surface area (Å²) in [5.74, 6) is 0.0759. The maximum atomic E-state index is 12.4. The zero-order chi connectivity index (χ0) is 13.9. The molecule has 2 aliphatic rings. The lowest BCUT2D eigenvalue weighted by Crippen LogP contribution is -2.51. The maximum absolute atomic E-state index is 12.4. The van der Waals surface area contributed by atoms with Gasteiger partial charge in [-0.3, -0.25) is 14.8 Å². The first kappa shape index (κ1) is 13.6. The summed E-state index contributed by atoms with van der Waals surface area (Å²) < 4.78 is 0. The highest BCUT2D eigenvalue weighted by Crippen LogP contribution is 2.24. The lowest BCUT2D eigenvalue weighted by Gasteiger charge is -2.37. The van der Waals surface area contributed by atoms with Crippen molar-refractivity contribution in [3.63, 3.8) is 0 Å². The minimum atomic E-state index is 0.0759. The van der Waals surface area contributed by atoms with Crippen molar-refractivity contribution in [2.45, 2.75) is 45.1 Å². The second-order valence-corrected chi connectivity index (χ2v) is 5.90. The van der Waals surface area contributed by atoms with Crippen LogP contribution in [-0.2, 0) is 6.42 Å². The van der Waals surface area contributed by atoms with Gasteiger partial charge in [0.25, 0.3) is 5.91 Å². The quantitative estimate of drug-likeness (QED) is 0.913. The number of carbonyl (C=O) groups excluding carboxylic acids is 1. The first-order chi connectivity index (χ1) is 9.78.